The maximum Gasteiger partial charge on any atom is 0.319 e. The molecule has 0 fully saturated rings. The predicted molar refractivity (Wildman–Crippen MR) is 121 cm³/mol. The fraction of sp³-hybridized carbons (Fsp3) is 0.208. The predicted octanol–water partition coefficient (Wildman–Crippen LogP) is 3.33. The van der Waals surface area contributed by atoms with Gasteiger partial charge in [0.1, 0.15) is 5.75 Å². The van der Waals surface area contributed by atoms with Crippen molar-refractivity contribution in [3.8, 4) is 5.75 Å². The molecule has 8 heteroatoms. The van der Waals surface area contributed by atoms with Crippen molar-refractivity contribution in [2.75, 3.05) is 5.32 Å². The monoisotopic (exact) mass is 435 g/mol. The molecule has 0 saturated heterocycles. The number of nitrogens with zero attached hydrogens (tertiary/aromatic N) is 1. The Morgan fingerprint density at radius 3 is 2.47 bits per heavy atom. The molecule has 8 nitrogen and oxygen atoms in total. The van der Waals surface area contributed by atoms with Crippen LogP contribution in [0.2, 0.25) is 0 Å². The van der Waals surface area contributed by atoms with E-state index in [1.54, 1.807) is 6.07 Å². The van der Waals surface area contributed by atoms with Crippen molar-refractivity contribution in [1.29, 1.82) is 0 Å². The quantitative estimate of drug-likeness (QED) is 0.454. The first-order chi connectivity index (χ1) is 15.2. The number of rotatable bonds is 7. The first-order valence-electron chi connectivity index (χ1n) is 10.0. The van der Waals surface area contributed by atoms with Gasteiger partial charge in [0.2, 0.25) is 0 Å². The maximum absolute atomic E-state index is 12.5. The lowest BCUT2D eigenvalue weighted by Crippen LogP contribution is -2.36. The molecule has 3 aromatic rings. The number of benzene rings is 2. The summed E-state index contributed by atoms with van der Waals surface area (Å²) in [5, 5.41) is 24.2. The summed E-state index contributed by atoms with van der Waals surface area (Å²) in [6.45, 7) is 2.02. The van der Waals surface area contributed by atoms with E-state index in [0.717, 1.165) is 11.1 Å². The number of hydrogen-bond donors (Lipinski definition) is 4. The van der Waals surface area contributed by atoms with Gasteiger partial charge in [0.05, 0.1) is 12.5 Å². The van der Waals surface area contributed by atoms with Crippen LogP contribution >= 0.6 is 0 Å². The van der Waals surface area contributed by atoms with E-state index in [9.17, 15) is 24.6 Å². The largest absolute Gasteiger partial charge is 0.505 e. The Kier molecular flexibility index (Phi) is 6.94. The smallest absolute Gasteiger partial charge is 0.319 e. The van der Waals surface area contributed by atoms with Gasteiger partial charge >= 0.3 is 12.0 Å². The molecular weight excluding hydrogens is 410 g/mol. The second-order valence-electron chi connectivity index (χ2n) is 7.65. The Balaban J connectivity index is 1.80. The summed E-state index contributed by atoms with van der Waals surface area (Å²) in [6, 6.07) is 15.1. The van der Waals surface area contributed by atoms with E-state index in [2.05, 4.69) is 10.6 Å². The zero-order valence-electron chi connectivity index (χ0n) is 17.8. The van der Waals surface area contributed by atoms with Gasteiger partial charge in [-0.15, -0.1) is 0 Å². The van der Waals surface area contributed by atoms with Crippen molar-refractivity contribution in [2.45, 2.75) is 25.8 Å². The molecule has 0 saturated carbocycles. The molecule has 32 heavy (non-hydrogen) atoms. The summed E-state index contributed by atoms with van der Waals surface area (Å²) in [7, 11) is 1.48. The highest BCUT2D eigenvalue weighted by Crippen LogP contribution is 2.22. The molecule has 0 radical (unpaired) electrons. The van der Waals surface area contributed by atoms with Gasteiger partial charge in [-0.3, -0.25) is 9.59 Å². The van der Waals surface area contributed by atoms with Crippen molar-refractivity contribution in [3.05, 3.63) is 93.4 Å². The molecule has 0 aliphatic rings. The third kappa shape index (κ3) is 5.75. The molecule has 1 heterocycles. The first-order valence-corrected chi connectivity index (χ1v) is 10.0. The van der Waals surface area contributed by atoms with Crippen LogP contribution in [0.15, 0.2) is 65.6 Å². The van der Waals surface area contributed by atoms with E-state index in [-0.39, 0.29) is 17.9 Å². The van der Waals surface area contributed by atoms with Crippen LogP contribution in [0.25, 0.3) is 0 Å². The lowest BCUT2D eigenvalue weighted by atomic mass is 9.97. The van der Waals surface area contributed by atoms with Crippen LogP contribution in [-0.2, 0) is 18.3 Å². The minimum atomic E-state index is -1.09. The number of nitrogens with one attached hydrogen (secondary N) is 2. The molecular formula is C24H25N3O5. The highest BCUT2D eigenvalue weighted by Gasteiger charge is 2.20. The van der Waals surface area contributed by atoms with Gasteiger partial charge in [0, 0.05) is 13.2 Å². The minimum Gasteiger partial charge on any atom is -0.505 e. The fourth-order valence-corrected chi connectivity index (χ4v) is 3.33. The molecule has 166 valence electrons. The third-order valence-electron chi connectivity index (χ3n) is 5.05. The number of anilines is 1. The average Bonchev–Trinajstić information content (AvgIpc) is 2.75. The van der Waals surface area contributed by atoms with Gasteiger partial charge in [0.25, 0.3) is 5.56 Å². The summed E-state index contributed by atoms with van der Waals surface area (Å²) >= 11 is 0. The summed E-state index contributed by atoms with van der Waals surface area (Å²) < 4.78 is 1.21. The van der Waals surface area contributed by atoms with Crippen molar-refractivity contribution >= 4 is 17.7 Å². The van der Waals surface area contributed by atoms with Crippen LogP contribution in [0.5, 0.6) is 5.75 Å². The number of carbonyl (C=O) groups is 2. The number of amides is 2. The zero-order chi connectivity index (χ0) is 23.3. The van der Waals surface area contributed by atoms with Crippen LogP contribution < -0.4 is 16.2 Å². The molecule has 2 aromatic carbocycles. The van der Waals surface area contributed by atoms with Gasteiger partial charge in [-0.2, -0.15) is 0 Å². The standard InChI is InChI=1S/C24H25N3O5/c1-15-6-8-16(9-7-15)12-17-4-3-5-18(13-17)19(14-21(29)30)25-24(32)26-22-20(28)10-11-27(2)23(22)31/h3-11,13,19,28H,12,14H2,1-2H3,(H,29,30)(H2,25,26,32). The first kappa shape index (κ1) is 22.6. The number of aromatic nitrogens is 1. The Morgan fingerprint density at radius 1 is 1.06 bits per heavy atom. The molecule has 1 atom stereocenters. The molecule has 0 aliphatic carbocycles. The maximum atomic E-state index is 12.5. The normalized spacial score (nSPS) is 11.6. The number of aryl methyl sites for hydroxylation is 2. The van der Waals surface area contributed by atoms with Crippen LogP contribution in [-0.4, -0.2) is 26.8 Å². The number of hydrogen-bond acceptors (Lipinski definition) is 4. The van der Waals surface area contributed by atoms with Crippen molar-refractivity contribution in [3.63, 3.8) is 0 Å². The molecule has 4 N–H and O–H groups in total. The topological polar surface area (TPSA) is 121 Å². The van der Waals surface area contributed by atoms with Crippen molar-refractivity contribution < 1.29 is 19.8 Å². The van der Waals surface area contributed by atoms with Crippen LogP contribution in [0.4, 0.5) is 10.5 Å². The van der Waals surface area contributed by atoms with Gasteiger partial charge in [0.15, 0.2) is 5.69 Å². The highest BCUT2D eigenvalue weighted by molar-refractivity contribution is 5.91. The third-order valence-corrected chi connectivity index (χ3v) is 5.05. The second kappa shape index (κ2) is 9.82. The number of carboxylic acid groups (broad SMARTS) is 1. The van der Waals surface area contributed by atoms with E-state index < -0.39 is 23.6 Å². The van der Waals surface area contributed by atoms with E-state index in [4.69, 9.17) is 0 Å². The number of urea groups is 1. The highest BCUT2D eigenvalue weighted by atomic mass is 16.4. The van der Waals surface area contributed by atoms with Gasteiger partial charge in [-0.25, -0.2) is 4.79 Å². The molecule has 0 aliphatic heterocycles. The number of pyridine rings is 1. The minimum absolute atomic E-state index is 0.283. The summed E-state index contributed by atoms with van der Waals surface area (Å²) in [6.07, 6.45) is 1.68. The Bertz CT molecular complexity index is 1180. The van der Waals surface area contributed by atoms with Crippen molar-refractivity contribution in [1.82, 2.24) is 9.88 Å². The summed E-state index contributed by atoms with van der Waals surface area (Å²) in [4.78, 5) is 36.1. The Labute approximate surface area is 185 Å². The van der Waals surface area contributed by atoms with Crippen LogP contribution in [0.1, 0.15) is 34.7 Å². The SMILES string of the molecule is Cc1ccc(Cc2cccc(C(CC(=O)O)NC(=O)Nc3c(O)ccn(C)c3=O)c2)cc1. The lowest BCUT2D eigenvalue weighted by molar-refractivity contribution is -0.137. The Hall–Kier alpha value is -4.07. The van der Waals surface area contributed by atoms with Crippen molar-refractivity contribution in [2.24, 2.45) is 7.05 Å². The molecule has 0 spiro atoms. The molecule has 0 bridgehead atoms. The van der Waals surface area contributed by atoms with Crippen LogP contribution in [0.3, 0.4) is 0 Å². The van der Waals surface area contributed by atoms with E-state index >= 15 is 0 Å². The number of aliphatic carboxylic acids is 1. The number of aromatic hydroxyl groups is 1. The molecule has 3 rings (SSSR count). The average molecular weight is 435 g/mol. The van der Waals surface area contributed by atoms with E-state index in [1.165, 1.54) is 29.4 Å². The number of carbonyl (C=O) groups excluding carboxylic acids is 1. The van der Waals surface area contributed by atoms with Crippen LogP contribution in [0, 0.1) is 6.92 Å². The van der Waals surface area contributed by atoms with Gasteiger partial charge in [-0.1, -0.05) is 54.1 Å². The Morgan fingerprint density at radius 2 is 1.78 bits per heavy atom. The summed E-state index contributed by atoms with van der Waals surface area (Å²) in [5.74, 6) is -1.46. The second-order valence-corrected chi connectivity index (χ2v) is 7.65. The number of carboxylic acids is 1. The summed E-state index contributed by atoms with van der Waals surface area (Å²) in [5.41, 5.74) is 3.00. The lowest BCUT2D eigenvalue weighted by Gasteiger charge is -2.19. The van der Waals surface area contributed by atoms with Gasteiger partial charge in [-0.05, 0) is 36.1 Å². The van der Waals surface area contributed by atoms with Gasteiger partial charge < -0.3 is 25.4 Å². The van der Waals surface area contributed by atoms with E-state index in [0.29, 0.717) is 12.0 Å². The zero-order valence-corrected chi connectivity index (χ0v) is 17.8. The molecule has 1 unspecified atom stereocenters. The fourth-order valence-electron chi connectivity index (χ4n) is 3.33. The van der Waals surface area contributed by atoms with E-state index in [1.807, 2.05) is 49.4 Å². The molecule has 1 aromatic heterocycles. The molecule has 2 amide bonds.